The summed E-state index contributed by atoms with van der Waals surface area (Å²) in [6.07, 6.45) is 3.82. The van der Waals surface area contributed by atoms with E-state index in [2.05, 4.69) is 327 Å². The van der Waals surface area contributed by atoms with E-state index in [0.717, 1.165) is 67.8 Å². The number of benzene rings is 12. The Balaban J connectivity index is 0.777. The highest BCUT2D eigenvalue weighted by atomic mass is 15.1. The lowest BCUT2D eigenvalue weighted by Crippen LogP contribution is -2.14. The zero-order valence-corrected chi connectivity index (χ0v) is 48.8. The maximum atomic E-state index is 4.04. The van der Waals surface area contributed by atoms with E-state index in [1.54, 1.807) is 0 Å². The van der Waals surface area contributed by atoms with Crippen molar-refractivity contribution in [3.8, 4) is 44.8 Å². The molecule has 12 aromatic carbocycles. The predicted octanol–water partition coefficient (Wildman–Crippen LogP) is 22.4. The summed E-state index contributed by atoms with van der Waals surface area (Å²) in [7, 11) is 0. The minimum atomic E-state index is -0.136. The van der Waals surface area contributed by atoms with Gasteiger partial charge >= 0.3 is 0 Å². The van der Waals surface area contributed by atoms with Crippen molar-refractivity contribution >= 4 is 89.9 Å². The summed E-state index contributed by atoms with van der Waals surface area (Å²) in [4.78, 5) is 4.78. The van der Waals surface area contributed by atoms with Gasteiger partial charge in [0.05, 0.1) is 22.1 Å². The maximum absolute atomic E-state index is 4.04. The number of anilines is 6. The molecule has 16 rings (SSSR count). The van der Waals surface area contributed by atoms with Crippen molar-refractivity contribution < 1.29 is 0 Å². The monoisotopic (exact) mass is 1100 g/mol. The molecule has 0 aliphatic heterocycles. The van der Waals surface area contributed by atoms with E-state index < -0.39 is 0 Å². The molecule has 2 aliphatic rings. The molecule has 0 saturated heterocycles. The summed E-state index contributed by atoms with van der Waals surface area (Å²) in [5.74, 6) is 0. The number of aromatic nitrogens is 2. The second-order valence-corrected chi connectivity index (χ2v) is 24.3. The first-order valence-corrected chi connectivity index (χ1v) is 29.9. The van der Waals surface area contributed by atoms with Gasteiger partial charge in [-0.2, -0.15) is 0 Å². The molecule has 4 nitrogen and oxygen atoms in total. The highest BCUT2D eigenvalue weighted by Gasteiger charge is 2.38. The summed E-state index contributed by atoms with van der Waals surface area (Å²) >= 11 is 0. The van der Waals surface area contributed by atoms with Crippen LogP contribution in [0.25, 0.3) is 101 Å². The van der Waals surface area contributed by atoms with Crippen LogP contribution in [0, 0.1) is 0 Å². The lowest BCUT2D eigenvalue weighted by atomic mass is 9.82. The van der Waals surface area contributed by atoms with Crippen molar-refractivity contribution in [2.75, 3.05) is 9.80 Å². The first-order chi connectivity index (χ1) is 42.0. The van der Waals surface area contributed by atoms with E-state index in [1.165, 1.54) is 88.1 Å². The van der Waals surface area contributed by atoms with E-state index in [4.69, 9.17) is 0 Å². The van der Waals surface area contributed by atoms with Crippen LogP contribution in [0.4, 0.5) is 34.1 Å². The Morgan fingerprint density at radius 3 is 1.01 bits per heavy atom. The molecule has 14 aromatic rings. The average Bonchev–Trinajstić information content (AvgIpc) is 1.60. The van der Waals surface area contributed by atoms with Gasteiger partial charge in [0, 0.05) is 77.9 Å². The zero-order valence-electron chi connectivity index (χ0n) is 48.8. The number of nitrogens with zero attached hydrogens (tertiary/aromatic N) is 4. The van der Waals surface area contributed by atoms with Gasteiger partial charge in [0.25, 0.3) is 0 Å². The van der Waals surface area contributed by atoms with Crippen LogP contribution >= 0.6 is 0 Å². The van der Waals surface area contributed by atoms with Crippen LogP contribution in [-0.2, 0) is 10.8 Å². The summed E-state index contributed by atoms with van der Waals surface area (Å²) in [6, 6.07) is 98.8. The summed E-state index contributed by atoms with van der Waals surface area (Å²) in [5.41, 5.74) is 28.4. The van der Waals surface area contributed by atoms with Crippen LogP contribution < -0.4 is 9.80 Å². The van der Waals surface area contributed by atoms with Gasteiger partial charge < -0.3 is 18.9 Å². The Kier molecular flexibility index (Phi) is 11.5. The molecule has 410 valence electrons. The van der Waals surface area contributed by atoms with Crippen LogP contribution in [0.1, 0.15) is 61.1 Å². The first kappa shape index (κ1) is 51.0. The van der Waals surface area contributed by atoms with Gasteiger partial charge in [-0.3, -0.25) is 0 Å². The Morgan fingerprint density at radius 2 is 0.628 bits per heavy atom. The Bertz CT molecular complexity index is 4720. The predicted molar refractivity (Wildman–Crippen MR) is 365 cm³/mol. The van der Waals surface area contributed by atoms with Gasteiger partial charge in [0.2, 0.25) is 0 Å². The lowest BCUT2D eigenvalue weighted by Gasteiger charge is -2.26. The molecule has 0 atom stereocenters. The van der Waals surface area contributed by atoms with Crippen LogP contribution in [-0.4, -0.2) is 9.13 Å². The molecule has 0 amide bonds. The second-order valence-electron chi connectivity index (χ2n) is 24.3. The fraction of sp³-hybridized carbons (Fsp3) is 0.0732. The van der Waals surface area contributed by atoms with Crippen LogP contribution in [0.3, 0.4) is 0 Å². The Hall–Kier alpha value is -10.7. The number of hydrogen-bond donors (Lipinski definition) is 0. The molecule has 0 bridgehead atoms. The average molecular weight is 1100 g/mol. The summed E-state index contributed by atoms with van der Waals surface area (Å²) in [6.45, 7) is 17.6. The van der Waals surface area contributed by atoms with E-state index in [1.807, 2.05) is 12.2 Å². The second kappa shape index (κ2) is 19.5. The third kappa shape index (κ3) is 7.83. The molecular weight excluding hydrogens is 1040 g/mol. The molecule has 2 aromatic heterocycles. The molecule has 4 heteroatoms. The molecule has 2 aliphatic carbocycles. The van der Waals surface area contributed by atoms with Crippen molar-refractivity contribution in [3.63, 3.8) is 0 Å². The van der Waals surface area contributed by atoms with E-state index >= 15 is 0 Å². The third-order valence-corrected chi connectivity index (χ3v) is 18.8. The molecule has 0 N–H and O–H groups in total. The summed E-state index contributed by atoms with van der Waals surface area (Å²) in [5, 5.41) is 4.90. The first-order valence-electron chi connectivity index (χ1n) is 29.9. The van der Waals surface area contributed by atoms with Crippen molar-refractivity contribution in [3.05, 3.63) is 313 Å². The molecule has 0 fully saturated rings. The van der Waals surface area contributed by atoms with Gasteiger partial charge in [-0.25, -0.2) is 0 Å². The highest BCUT2D eigenvalue weighted by Crippen LogP contribution is 2.54. The SMILES string of the molecule is C=Cc1ccc(-n2c3ccc(N(c4ccccc4)c4ccc(-c5ccc(N(c6ccccc6)c6ccc7c(c6)c6cc8c(cc6n7-c6ccc(C=C)cc6)-c6ccccc6C8(C)C)cc5)cc4)cc3c3cc4c(cc32)-c2ccccc2C4(C)C)cc1. The normalized spacial score (nSPS) is 13.4. The Morgan fingerprint density at radius 1 is 0.291 bits per heavy atom. The molecule has 0 saturated carbocycles. The minimum Gasteiger partial charge on any atom is -0.310 e. The molecule has 0 unspecified atom stereocenters. The fourth-order valence-corrected chi connectivity index (χ4v) is 14.4. The van der Waals surface area contributed by atoms with Gasteiger partial charge in [-0.1, -0.05) is 186 Å². The van der Waals surface area contributed by atoms with E-state index in [0.29, 0.717) is 0 Å². The lowest BCUT2D eigenvalue weighted by molar-refractivity contribution is 0.661. The number of fused-ring (bicyclic) bond motifs is 12. The number of hydrogen-bond acceptors (Lipinski definition) is 2. The van der Waals surface area contributed by atoms with Crippen molar-refractivity contribution in [1.82, 2.24) is 9.13 Å². The minimum absolute atomic E-state index is 0.136. The van der Waals surface area contributed by atoms with Crippen molar-refractivity contribution in [2.24, 2.45) is 0 Å². The van der Waals surface area contributed by atoms with Gasteiger partial charge in [0.1, 0.15) is 0 Å². The maximum Gasteiger partial charge on any atom is 0.0547 e. The zero-order chi connectivity index (χ0) is 58.0. The fourth-order valence-electron chi connectivity index (χ4n) is 14.4. The molecule has 2 heterocycles. The third-order valence-electron chi connectivity index (χ3n) is 18.8. The van der Waals surface area contributed by atoms with Gasteiger partial charge in [-0.15, -0.1) is 0 Å². The molecular formula is C82H62N4. The van der Waals surface area contributed by atoms with E-state index in [9.17, 15) is 0 Å². The van der Waals surface area contributed by atoms with Gasteiger partial charge in [-0.05, 0) is 200 Å². The van der Waals surface area contributed by atoms with Gasteiger partial charge in [0.15, 0.2) is 0 Å². The summed E-state index contributed by atoms with van der Waals surface area (Å²) < 4.78 is 4.88. The van der Waals surface area contributed by atoms with Crippen LogP contribution in [0.5, 0.6) is 0 Å². The molecule has 0 radical (unpaired) electrons. The highest BCUT2D eigenvalue weighted by molar-refractivity contribution is 6.14. The van der Waals surface area contributed by atoms with Crippen LogP contribution in [0.2, 0.25) is 0 Å². The number of para-hydroxylation sites is 2. The largest absolute Gasteiger partial charge is 0.310 e. The topological polar surface area (TPSA) is 16.3 Å². The molecule has 0 spiro atoms. The smallest absolute Gasteiger partial charge is 0.0547 e. The number of rotatable bonds is 11. The van der Waals surface area contributed by atoms with E-state index in [-0.39, 0.29) is 10.8 Å². The van der Waals surface area contributed by atoms with Crippen molar-refractivity contribution in [2.45, 2.75) is 38.5 Å². The quantitative estimate of drug-likeness (QED) is 0.128. The Labute approximate surface area is 502 Å². The van der Waals surface area contributed by atoms with Crippen LogP contribution in [0.15, 0.2) is 280 Å². The van der Waals surface area contributed by atoms with Crippen molar-refractivity contribution in [1.29, 1.82) is 0 Å². The standard InChI is InChI=1S/C82H62N4/c1-7-53-27-35-61(36-28-53)85-77-45-43-63(47-69(77)71-49-75-67(51-79(71)85)65-23-15-17-25-73(65)81(75,3)4)83(57-19-11-9-12-20-57)59-39-31-55(32-40-59)56-33-41-60(42-34-56)84(58-21-13-10-14-22-58)64-44-46-78-70(48-64)72-50-76-68(66-24-16-18-26-74(66)82(76,5)6)52-80(72)86(78)62-37-29-54(8-2)30-38-62/h7-52H,1-2H2,3-6H3. The molecule has 86 heavy (non-hydrogen) atoms.